The van der Waals surface area contributed by atoms with Gasteiger partial charge in [-0.1, -0.05) is 0 Å². The smallest absolute Gasteiger partial charge is 0.305 e. The van der Waals surface area contributed by atoms with Crippen LogP contribution in [0.5, 0.6) is 0 Å². The van der Waals surface area contributed by atoms with Gasteiger partial charge < -0.3 is 24.8 Å². The molecule has 0 amide bonds. The number of carboxylic acids is 2. The van der Waals surface area contributed by atoms with Gasteiger partial charge in [-0.15, -0.1) is 0 Å². The van der Waals surface area contributed by atoms with Gasteiger partial charge in [0.25, 0.3) is 0 Å². The average Bonchev–Trinajstić information content (AvgIpc) is 2.29. The highest BCUT2D eigenvalue weighted by atomic mass is 16.6. The van der Waals surface area contributed by atoms with Crippen molar-refractivity contribution in [3.05, 3.63) is 0 Å². The first-order valence-corrected chi connectivity index (χ1v) is 6.20. The predicted octanol–water partition coefficient (Wildman–Crippen LogP) is -0.366. The Kier molecular flexibility index (Phi) is 5.90. The molecule has 0 aromatic heterocycles. The normalized spacial score (nSPS) is 29.7. The fraction of sp³-hybridized carbons (Fsp3) is 0.750. The monoisotopic (exact) mass is 290 g/mol. The highest BCUT2D eigenvalue weighted by molar-refractivity contribution is 5.68. The molecule has 8 heteroatoms. The van der Waals surface area contributed by atoms with Gasteiger partial charge in [0, 0.05) is 12.8 Å². The van der Waals surface area contributed by atoms with E-state index in [1.807, 2.05) is 0 Å². The number of rotatable bonds is 6. The van der Waals surface area contributed by atoms with E-state index in [2.05, 4.69) is 0 Å². The third-order valence-electron chi connectivity index (χ3n) is 3.09. The van der Waals surface area contributed by atoms with Crippen molar-refractivity contribution in [2.75, 3.05) is 6.61 Å². The van der Waals surface area contributed by atoms with Crippen LogP contribution in [0.3, 0.4) is 0 Å². The largest absolute Gasteiger partial charge is 0.481 e. The van der Waals surface area contributed by atoms with Crippen LogP contribution in [0.25, 0.3) is 0 Å². The number of carbonyl (C=O) groups is 3. The first-order chi connectivity index (χ1) is 9.29. The van der Waals surface area contributed by atoms with Crippen LogP contribution in [-0.2, 0) is 23.9 Å². The van der Waals surface area contributed by atoms with Gasteiger partial charge in [0.1, 0.15) is 12.7 Å². The van der Waals surface area contributed by atoms with Gasteiger partial charge in [-0.05, 0) is 6.42 Å². The van der Waals surface area contributed by atoms with Crippen molar-refractivity contribution in [3.8, 4) is 0 Å². The Balaban J connectivity index is 2.72. The van der Waals surface area contributed by atoms with E-state index in [1.54, 1.807) is 0 Å². The first-order valence-electron chi connectivity index (χ1n) is 6.20. The number of ether oxygens (including phenoxy) is 2. The number of carboxylic acid groups (broad SMARTS) is 2. The second kappa shape index (κ2) is 7.20. The molecule has 3 N–H and O–H groups in total. The molecule has 0 aromatic rings. The number of aliphatic hydroxyl groups excluding tert-OH is 1. The second-order valence-corrected chi connectivity index (χ2v) is 4.78. The average molecular weight is 290 g/mol. The van der Waals surface area contributed by atoms with Gasteiger partial charge in [0.2, 0.25) is 0 Å². The maximum absolute atomic E-state index is 10.8. The summed E-state index contributed by atoms with van der Waals surface area (Å²) in [5.74, 6) is -3.36. The molecular formula is C12H18O8. The van der Waals surface area contributed by atoms with E-state index in [1.165, 1.54) is 6.92 Å². The van der Waals surface area contributed by atoms with Gasteiger partial charge in [-0.25, -0.2) is 0 Å². The molecular weight excluding hydrogens is 272 g/mol. The summed E-state index contributed by atoms with van der Waals surface area (Å²) in [7, 11) is 0. The van der Waals surface area contributed by atoms with E-state index in [0.29, 0.717) is 0 Å². The number of carbonyl (C=O) groups excluding carboxylic acids is 1. The molecule has 0 spiro atoms. The zero-order valence-electron chi connectivity index (χ0n) is 11.0. The van der Waals surface area contributed by atoms with Gasteiger partial charge in [0.15, 0.2) is 0 Å². The SMILES string of the molecule is CC(=O)OC[C@H]1OC(CC(=O)O)C[C@H](CC(=O)O)[C@@H]1O. The Bertz CT molecular complexity index is 380. The van der Waals surface area contributed by atoms with Crippen LogP contribution >= 0.6 is 0 Å². The summed E-state index contributed by atoms with van der Waals surface area (Å²) in [5, 5.41) is 27.6. The zero-order chi connectivity index (χ0) is 15.3. The molecule has 0 bridgehead atoms. The molecule has 0 saturated carbocycles. The molecule has 8 nitrogen and oxygen atoms in total. The summed E-state index contributed by atoms with van der Waals surface area (Å²) < 4.78 is 10.1. The molecule has 1 heterocycles. The van der Waals surface area contributed by atoms with Crippen molar-refractivity contribution < 1.29 is 39.2 Å². The van der Waals surface area contributed by atoms with Gasteiger partial charge in [-0.2, -0.15) is 0 Å². The van der Waals surface area contributed by atoms with E-state index < -0.39 is 42.1 Å². The maximum atomic E-state index is 10.8. The van der Waals surface area contributed by atoms with Gasteiger partial charge in [0.05, 0.1) is 25.0 Å². The van der Waals surface area contributed by atoms with Crippen molar-refractivity contribution in [2.45, 2.75) is 44.5 Å². The third kappa shape index (κ3) is 5.14. The Morgan fingerprint density at radius 1 is 1.20 bits per heavy atom. The number of aliphatic carboxylic acids is 2. The summed E-state index contributed by atoms with van der Waals surface area (Å²) in [4.78, 5) is 32.2. The molecule has 1 unspecified atom stereocenters. The van der Waals surface area contributed by atoms with Gasteiger partial charge in [-0.3, -0.25) is 14.4 Å². The molecule has 0 aromatic carbocycles. The highest BCUT2D eigenvalue weighted by Crippen LogP contribution is 2.30. The van der Waals surface area contributed by atoms with Crippen molar-refractivity contribution >= 4 is 17.9 Å². The lowest BCUT2D eigenvalue weighted by molar-refractivity contribution is -0.183. The minimum absolute atomic E-state index is 0.135. The fourth-order valence-corrected chi connectivity index (χ4v) is 2.26. The summed E-state index contributed by atoms with van der Waals surface area (Å²) in [6.07, 6.45) is -3.19. The van der Waals surface area contributed by atoms with E-state index in [9.17, 15) is 19.5 Å². The first kappa shape index (κ1) is 16.4. The minimum atomic E-state index is -1.12. The van der Waals surface area contributed by atoms with Crippen LogP contribution in [-0.4, -0.2) is 58.1 Å². The molecule has 0 radical (unpaired) electrons. The molecule has 1 saturated heterocycles. The van der Waals surface area contributed by atoms with Crippen LogP contribution in [0.4, 0.5) is 0 Å². The summed E-state index contributed by atoms with van der Waals surface area (Å²) >= 11 is 0. The van der Waals surface area contributed by atoms with E-state index >= 15 is 0 Å². The van der Waals surface area contributed by atoms with Crippen molar-refractivity contribution in [1.29, 1.82) is 0 Å². The van der Waals surface area contributed by atoms with Crippen LogP contribution < -0.4 is 0 Å². The maximum Gasteiger partial charge on any atom is 0.305 e. The lowest BCUT2D eigenvalue weighted by atomic mass is 9.85. The third-order valence-corrected chi connectivity index (χ3v) is 3.09. The topological polar surface area (TPSA) is 130 Å². The van der Waals surface area contributed by atoms with Crippen LogP contribution in [0.15, 0.2) is 0 Å². The summed E-state index contributed by atoms with van der Waals surface area (Å²) in [6, 6.07) is 0. The van der Waals surface area contributed by atoms with E-state index in [-0.39, 0.29) is 25.9 Å². The Morgan fingerprint density at radius 3 is 2.30 bits per heavy atom. The molecule has 114 valence electrons. The van der Waals surface area contributed by atoms with E-state index in [4.69, 9.17) is 19.7 Å². The molecule has 20 heavy (non-hydrogen) atoms. The number of hydrogen-bond acceptors (Lipinski definition) is 6. The van der Waals surface area contributed by atoms with Gasteiger partial charge >= 0.3 is 17.9 Å². The number of aliphatic hydroxyl groups is 1. The molecule has 1 aliphatic heterocycles. The van der Waals surface area contributed by atoms with Crippen LogP contribution in [0.2, 0.25) is 0 Å². The second-order valence-electron chi connectivity index (χ2n) is 4.78. The molecule has 1 fully saturated rings. The zero-order valence-corrected chi connectivity index (χ0v) is 11.0. The van der Waals surface area contributed by atoms with Crippen molar-refractivity contribution in [3.63, 3.8) is 0 Å². The summed E-state index contributed by atoms with van der Waals surface area (Å²) in [5.41, 5.74) is 0. The predicted molar refractivity (Wildman–Crippen MR) is 63.9 cm³/mol. The number of hydrogen-bond donors (Lipinski definition) is 3. The van der Waals surface area contributed by atoms with Crippen molar-refractivity contribution in [1.82, 2.24) is 0 Å². The van der Waals surface area contributed by atoms with Crippen LogP contribution in [0.1, 0.15) is 26.2 Å². The lowest BCUT2D eigenvalue weighted by Gasteiger charge is -2.38. The number of esters is 1. The molecule has 4 atom stereocenters. The van der Waals surface area contributed by atoms with Crippen molar-refractivity contribution in [2.24, 2.45) is 5.92 Å². The molecule has 0 aliphatic carbocycles. The Morgan fingerprint density at radius 2 is 1.80 bits per heavy atom. The lowest BCUT2D eigenvalue weighted by Crippen LogP contribution is -2.48. The molecule has 1 aliphatic rings. The fourth-order valence-electron chi connectivity index (χ4n) is 2.26. The highest BCUT2D eigenvalue weighted by Gasteiger charge is 2.39. The van der Waals surface area contributed by atoms with Crippen LogP contribution in [0, 0.1) is 5.92 Å². The van der Waals surface area contributed by atoms with E-state index in [0.717, 1.165) is 0 Å². The molecule has 1 rings (SSSR count). The quantitative estimate of drug-likeness (QED) is 0.565. The Labute approximate surface area is 115 Å². The summed E-state index contributed by atoms with van der Waals surface area (Å²) in [6.45, 7) is 0.960. The minimum Gasteiger partial charge on any atom is -0.481 e. The Hall–Kier alpha value is -1.67. The standard InChI is InChI=1S/C12H18O8/c1-6(13)19-5-9-12(18)7(3-10(14)15)2-8(20-9)4-11(16)17/h7-9,12,18H,2-5H2,1H3,(H,14,15)(H,16,17)/t7-,8?,9-,12+/m1/s1.